The number of rotatable bonds is 7. The summed E-state index contributed by atoms with van der Waals surface area (Å²) >= 11 is 0. The highest BCUT2D eigenvalue weighted by Crippen LogP contribution is 2.45. The van der Waals surface area contributed by atoms with Gasteiger partial charge in [0.1, 0.15) is 11.6 Å². The maximum Gasteiger partial charge on any atom is 0.471 e. The first kappa shape index (κ1) is 28.1. The number of hydrogen-bond donors (Lipinski definition) is 1. The lowest BCUT2D eigenvalue weighted by Gasteiger charge is -2.39. The Morgan fingerprint density at radius 2 is 1.73 bits per heavy atom. The van der Waals surface area contributed by atoms with Gasteiger partial charge in [-0.2, -0.15) is 13.2 Å². The Bertz CT molecular complexity index is 1440. The third-order valence-corrected chi connectivity index (χ3v) is 8.12. The lowest BCUT2D eigenvalue weighted by atomic mass is 9.84. The van der Waals surface area contributed by atoms with Crippen LogP contribution in [0.4, 0.5) is 22.0 Å². The molecule has 5 rings (SSSR count). The molecule has 2 amide bonds. The lowest BCUT2D eigenvalue weighted by Crippen LogP contribution is -2.46. The van der Waals surface area contributed by atoms with E-state index in [9.17, 15) is 27.2 Å². The molecule has 1 N–H and O–H groups in total. The molecule has 6 nitrogen and oxygen atoms in total. The van der Waals surface area contributed by atoms with Gasteiger partial charge in [0.25, 0.3) is 5.91 Å². The van der Waals surface area contributed by atoms with Crippen molar-refractivity contribution in [2.75, 3.05) is 13.7 Å². The first-order valence-electron chi connectivity index (χ1n) is 13.2. The van der Waals surface area contributed by atoms with E-state index in [1.54, 1.807) is 24.3 Å². The summed E-state index contributed by atoms with van der Waals surface area (Å²) in [7, 11) is 1.57. The number of nitrogens with zero attached hydrogens (tertiary/aromatic N) is 2. The monoisotopic (exact) mass is 563 g/mol. The maximum atomic E-state index is 15.1. The van der Waals surface area contributed by atoms with Crippen LogP contribution >= 0.6 is 0 Å². The second-order valence-electron chi connectivity index (χ2n) is 10.6. The first-order valence-corrected chi connectivity index (χ1v) is 13.2. The Kier molecular flexibility index (Phi) is 7.60. The largest absolute Gasteiger partial charge is 0.471 e. The Morgan fingerprint density at radius 1 is 1.05 bits per heavy atom. The van der Waals surface area contributed by atoms with Crippen molar-refractivity contribution in [1.29, 1.82) is 0 Å². The topological polar surface area (TPSA) is 63.6 Å². The van der Waals surface area contributed by atoms with Crippen LogP contribution in [0.5, 0.6) is 0 Å². The van der Waals surface area contributed by atoms with E-state index in [1.165, 1.54) is 24.3 Å². The molecule has 1 aromatic heterocycles. The molecule has 0 spiro atoms. The zero-order valence-electron chi connectivity index (χ0n) is 22.2. The smallest absolute Gasteiger partial charge is 0.383 e. The first-order chi connectivity index (χ1) is 19.0. The van der Waals surface area contributed by atoms with Crippen molar-refractivity contribution in [1.82, 2.24) is 14.8 Å². The SMILES string of the molecule is COCCn1cc(C(=O)N2C3CCC2CC(c2cc(CNC(=O)C(F)(F)F)ccc2F)C3)c2c(F)ccc(C)c21. The molecule has 40 heavy (non-hydrogen) atoms. The zero-order valence-corrected chi connectivity index (χ0v) is 22.2. The van der Waals surface area contributed by atoms with Crippen LogP contribution in [0.15, 0.2) is 36.5 Å². The molecule has 2 fully saturated rings. The standard InChI is InChI=1S/C29H30F5N3O3/c1-16-3-7-24(31)25-22(15-36(26(16)25)9-10-40-2)27(38)37-19-5-6-20(37)13-18(12-19)21-11-17(4-8-23(21)30)14-35-28(39)29(32,33)34/h3-4,7-8,11,15,18-20H,5-6,9-10,12-14H2,1-2H3,(H,35,39). The van der Waals surface area contributed by atoms with Crippen LogP contribution < -0.4 is 5.32 Å². The molecule has 2 aliphatic heterocycles. The number of alkyl halides is 3. The van der Waals surface area contributed by atoms with E-state index < -0.39 is 23.7 Å². The molecule has 2 unspecified atom stereocenters. The summed E-state index contributed by atoms with van der Waals surface area (Å²) in [5.74, 6) is -3.52. The Balaban J connectivity index is 1.38. The molecule has 0 aliphatic carbocycles. The summed E-state index contributed by atoms with van der Waals surface area (Å²) < 4.78 is 74.7. The van der Waals surface area contributed by atoms with E-state index in [0.29, 0.717) is 42.6 Å². The molecule has 11 heteroatoms. The van der Waals surface area contributed by atoms with Gasteiger partial charge in [-0.25, -0.2) is 8.78 Å². The molecule has 2 atom stereocenters. The van der Waals surface area contributed by atoms with Crippen molar-refractivity contribution in [2.45, 2.75) is 69.9 Å². The van der Waals surface area contributed by atoms with Gasteiger partial charge in [0.15, 0.2) is 0 Å². The Labute approximate surface area is 228 Å². The summed E-state index contributed by atoms with van der Waals surface area (Å²) in [6.07, 6.45) is -0.923. The molecule has 2 aliphatic rings. The average molecular weight is 564 g/mol. The fourth-order valence-corrected chi connectivity index (χ4v) is 6.31. The van der Waals surface area contributed by atoms with Gasteiger partial charge in [-0.15, -0.1) is 0 Å². The summed E-state index contributed by atoms with van der Waals surface area (Å²) in [4.78, 5) is 26.9. The fourth-order valence-electron chi connectivity index (χ4n) is 6.31. The summed E-state index contributed by atoms with van der Waals surface area (Å²) in [6, 6.07) is 6.71. The van der Waals surface area contributed by atoms with Gasteiger partial charge in [-0.3, -0.25) is 9.59 Å². The Hall–Kier alpha value is -3.47. The minimum atomic E-state index is -5.00. The van der Waals surface area contributed by atoms with E-state index in [1.807, 2.05) is 16.8 Å². The number of aryl methyl sites for hydroxylation is 1. The molecule has 3 heterocycles. The van der Waals surface area contributed by atoms with Crippen molar-refractivity contribution >= 4 is 22.7 Å². The van der Waals surface area contributed by atoms with E-state index in [0.717, 1.165) is 18.4 Å². The number of carbonyl (C=O) groups excluding carboxylic acids is 2. The van der Waals surface area contributed by atoms with Crippen LogP contribution in [0.3, 0.4) is 0 Å². The number of amides is 2. The molecule has 0 saturated carbocycles. The number of nitrogens with one attached hydrogen (secondary N) is 1. The second-order valence-corrected chi connectivity index (χ2v) is 10.6. The minimum Gasteiger partial charge on any atom is -0.383 e. The number of methoxy groups -OCH3 is 1. The fraction of sp³-hybridized carbons (Fsp3) is 0.448. The maximum absolute atomic E-state index is 15.1. The van der Waals surface area contributed by atoms with Crippen molar-refractivity contribution < 1.29 is 36.3 Å². The van der Waals surface area contributed by atoms with Crippen molar-refractivity contribution in [3.8, 4) is 0 Å². The highest BCUT2D eigenvalue weighted by Gasteiger charge is 2.45. The molecule has 2 aromatic carbocycles. The molecule has 0 radical (unpaired) electrons. The van der Waals surface area contributed by atoms with E-state index >= 15 is 4.39 Å². The van der Waals surface area contributed by atoms with Crippen molar-refractivity contribution in [2.24, 2.45) is 0 Å². The van der Waals surface area contributed by atoms with Gasteiger partial charge in [0, 0.05) is 43.9 Å². The average Bonchev–Trinajstić information content (AvgIpc) is 3.43. The van der Waals surface area contributed by atoms with Gasteiger partial charge in [-0.1, -0.05) is 18.2 Å². The van der Waals surface area contributed by atoms with Crippen LogP contribution in [0.1, 0.15) is 58.6 Å². The quantitative estimate of drug-likeness (QED) is 0.381. The molecule has 3 aromatic rings. The van der Waals surface area contributed by atoms with E-state index in [-0.39, 0.29) is 41.4 Å². The predicted octanol–water partition coefficient (Wildman–Crippen LogP) is 5.60. The third-order valence-electron chi connectivity index (χ3n) is 8.12. The molecule has 2 bridgehead atoms. The molecule has 214 valence electrons. The van der Waals surface area contributed by atoms with Crippen molar-refractivity contribution in [3.63, 3.8) is 0 Å². The summed E-state index contributed by atoms with van der Waals surface area (Å²) in [5, 5.41) is 2.10. The van der Waals surface area contributed by atoms with Crippen LogP contribution in [0, 0.1) is 18.6 Å². The van der Waals surface area contributed by atoms with Gasteiger partial charge in [0.2, 0.25) is 0 Å². The number of aromatic nitrogens is 1. The van der Waals surface area contributed by atoms with Crippen LogP contribution in [0.25, 0.3) is 10.9 Å². The molecular formula is C29H30F5N3O3. The summed E-state index contributed by atoms with van der Waals surface area (Å²) in [6.45, 7) is 2.34. The summed E-state index contributed by atoms with van der Waals surface area (Å²) in [5.41, 5.74) is 2.50. The van der Waals surface area contributed by atoms with E-state index in [4.69, 9.17) is 4.74 Å². The number of carbonyl (C=O) groups is 2. The normalized spacial score (nSPS) is 20.8. The number of hydrogen-bond acceptors (Lipinski definition) is 3. The number of halogens is 5. The third kappa shape index (κ3) is 5.18. The number of benzene rings is 2. The van der Waals surface area contributed by atoms with Gasteiger partial charge in [-0.05, 0) is 67.3 Å². The van der Waals surface area contributed by atoms with Gasteiger partial charge >= 0.3 is 12.1 Å². The predicted molar refractivity (Wildman–Crippen MR) is 138 cm³/mol. The number of piperidine rings is 1. The van der Waals surface area contributed by atoms with E-state index in [2.05, 4.69) is 0 Å². The second kappa shape index (κ2) is 10.8. The highest BCUT2D eigenvalue weighted by molar-refractivity contribution is 6.08. The van der Waals surface area contributed by atoms with Crippen LogP contribution in [-0.4, -0.2) is 53.3 Å². The van der Waals surface area contributed by atoms with Gasteiger partial charge < -0.3 is 19.5 Å². The zero-order chi connectivity index (χ0) is 28.8. The number of fused-ring (bicyclic) bond motifs is 3. The lowest BCUT2D eigenvalue weighted by molar-refractivity contribution is -0.173. The van der Waals surface area contributed by atoms with Crippen molar-refractivity contribution in [3.05, 3.63) is 70.4 Å². The molecular weight excluding hydrogens is 533 g/mol. The van der Waals surface area contributed by atoms with Crippen LogP contribution in [-0.2, 0) is 22.6 Å². The minimum absolute atomic E-state index is 0.186. The highest BCUT2D eigenvalue weighted by atomic mass is 19.4. The molecule has 2 saturated heterocycles. The number of ether oxygens (including phenoxy) is 1. The Morgan fingerprint density at radius 3 is 2.38 bits per heavy atom. The van der Waals surface area contributed by atoms with Crippen LogP contribution in [0.2, 0.25) is 0 Å². The van der Waals surface area contributed by atoms with Gasteiger partial charge in [0.05, 0.1) is 17.7 Å².